The van der Waals surface area contributed by atoms with Crippen molar-refractivity contribution in [1.29, 1.82) is 0 Å². The molecular weight excluding hydrogens is 167 g/mol. The van der Waals surface area contributed by atoms with E-state index >= 15 is 0 Å². The van der Waals surface area contributed by atoms with Gasteiger partial charge < -0.3 is 0 Å². The Morgan fingerprint density at radius 2 is 1.29 bits per heavy atom. The van der Waals surface area contributed by atoms with Crippen LogP contribution in [0.3, 0.4) is 0 Å². The van der Waals surface area contributed by atoms with Crippen LogP contribution in [0.2, 0.25) is 11.1 Å². The normalized spacial score (nSPS) is 38.1. The van der Waals surface area contributed by atoms with Gasteiger partial charge in [0.25, 0.3) is 0 Å². The van der Waals surface area contributed by atoms with Gasteiger partial charge in [-0.05, 0) is 11.8 Å². The number of hydrogen-bond acceptors (Lipinski definition) is 0. The predicted octanol–water partition coefficient (Wildman–Crippen LogP) is 4.03. The summed E-state index contributed by atoms with van der Waals surface area (Å²) in [6.45, 7) is 7.24. The smallest absolute Gasteiger partial charge is 0.0671 e. The summed E-state index contributed by atoms with van der Waals surface area (Å²) in [6, 6.07) is 0. The van der Waals surface area contributed by atoms with Crippen LogP contribution in [0, 0.1) is 11.8 Å². The first kappa shape index (κ1) is 10.6. The molecule has 2 saturated carbocycles. The van der Waals surface area contributed by atoms with E-state index in [2.05, 4.69) is 20.8 Å². The van der Waals surface area contributed by atoms with E-state index in [1.54, 1.807) is 0 Å². The second kappa shape index (κ2) is 3.91. The Hall–Kier alpha value is 0.0649. The number of fused-ring (bicyclic) bond motifs is 2. The first-order chi connectivity index (χ1) is 6.56. The summed E-state index contributed by atoms with van der Waals surface area (Å²) in [7, 11) is 1.47. The van der Waals surface area contributed by atoms with Crippen molar-refractivity contribution < 1.29 is 0 Å². The molecule has 0 unspecified atom stereocenters. The molecule has 0 saturated heterocycles. The van der Waals surface area contributed by atoms with Crippen LogP contribution in [0.4, 0.5) is 0 Å². The van der Waals surface area contributed by atoms with Gasteiger partial charge in [-0.15, -0.1) is 0 Å². The zero-order valence-electron chi connectivity index (χ0n) is 10.2. The second-order valence-corrected chi connectivity index (χ2v) is 6.81. The van der Waals surface area contributed by atoms with Gasteiger partial charge in [0.05, 0.1) is 0 Å². The molecule has 0 aromatic heterocycles. The molecule has 0 amide bonds. The molecule has 0 atom stereocenters. The summed E-state index contributed by atoms with van der Waals surface area (Å²) in [5.74, 6) is 3.28. The van der Waals surface area contributed by atoms with Crippen molar-refractivity contribution in [3.8, 4) is 0 Å². The Morgan fingerprint density at radius 3 is 1.64 bits per heavy atom. The fourth-order valence-corrected chi connectivity index (χ4v) is 3.85. The first-order valence-corrected chi connectivity index (χ1v) is 6.56. The summed E-state index contributed by atoms with van der Waals surface area (Å²) < 4.78 is 0. The Balaban J connectivity index is 2.01. The first-order valence-electron chi connectivity index (χ1n) is 6.56. The molecule has 0 aliphatic heterocycles. The molecule has 80 valence electrons. The fraction of sp³-hybridized carbons (Fsp3) is 1.00. The van der Waals surface area contributed by atoms with Crippen LogP contribution in [0.1, 0.15) is 59.3 Å². The van der Waals surface area contributed by atoms with E-state index in [1.807, 2.05) is 0 Å². The second-order valence-electron chi connectivity index (χ2n) is 6.81. The van der Waals surface area contributed by atoms with Crippen molar-refractivity contribution in [2.75, 3.05) is 0 Å². The van der Waals surface area contributed by atoms with Gasteiger partial charge in [0.1, 0.15) is 7.28 Å². The third-order valence-electron chi connectivity index (χ3n) is 4.36. The van der Waals surface area contributed by atoms with Gasteiger partial charge in [-0.1, -0.05) is 70.4 Å². The van der Waals surface area contributed by atoms with Gasteiger partial charge in [-0.25, -0.2) is 0 Å². The van der Waals surface area contributed by atoms with Gasteiger partial charge in [0.15, 0.2) is 0 Å². The Kier molecular flexibility index (Phi) is 2.95. The molecule has 0 spiro atoms. The molecule has 0 nitrogen and oxygen atoms in total. The molecule has 0 radical (unpaired) electrons. The van der Waals surface area contributed by atoms with E-state index in [4.69, 9.17) is 0 Å². The lowest BCUT2D eigenvalue weighted by Gasteiger charge is -2.44. The predicted molar refractivity (Wildman–Crippen MR) is 65.3 cm³/mol. The largest absolute Gasteiger partial charge is 0.131 e. The van der Waals surface area contributed by atoms with Crippen LogP contribution in [0.5, 0.6) is 0 Å². The standard InChI is InChI=1S/C13H25B/c1-13(2,3)14-12-10-6-4-7-11(12)9-5-8-10/h10-12,14H,4-9H2,1-3H3. The molecule has 2 aliphatic carbocycles. The number of rotatable bonds is 1. The zero-order valence-corrected chi connectivity index (χ0v) is 10.2. The van der Waals surface area contributed by atoms with Crippen LogP contribution in [-0.2, 0) is 0 Å². The van der Waals surface area contributed by atoms with Crippen LogP contribution < -0.4 is 0 Å². The minimum atomic E-state index is 0.551. The number of hydrogen-bond donors (Lipinski definition) is 0. The maximum Gasteiger partial charge on any atom is 0.131 e. The molecular formula is C13H25B. The lowest BCUT2D eigenvalue weighted by atomic mass is 9.39. The highest BCUT2D eigenvalue weighted by atomic mass is 14.4. The highest BCUT2D eigenvalue weighted by Gasteiger charge is 2.38. The molecule has 2 fully saturated rings. The van der Waals surface area contributed by atoms with E-state index in [9.17, 15) is 0 Å². The Labute approximate surface area is 90.1 Å². The molecule has 1 heteroatoms. The molecule has 2 bridgehead atoms. The highest BCUT2D eigenvalue weighted by Crippen LogP contribution is 2.50. The topological polar surface area (TPSA) is 0 Å². The van der Waals surface area contributed by atoms with Crippen molar-refractivity contribution in [2.45, 2.75) is 70.4 Å². The maximum atomic E-state index is 2.41. The average Bonchev–Trinajstić information content (AvgIpc) is 1.99. The van der Waals surface area contributed by atoms with E-state index < -0.39 is 0 Å². The van der Waals surface area contributed by atoms with Gasteiger partial charge in [0.2, 0.25) is 0 Å². The van der Waals surface area contributed by atoms with Gasteiger partial charge in [-0.3, -0.25) is 0 Å². The molecule has 2 rings (SSSR count). The summed E-state index contributed by atoms with van der Waals surface area (Å²) in [6.07, 6.45) is 9.20. The summed E-state index contributed by atoms with van der Waals surface area (Å²) >= 11 is 0. The van der Waals surface area contributed by atoms with Crippen molar-refractivity contribution >= 4 is 7.28 Å². The lowest BCUT2D eigenvalue weighted by molar-refractivity contribution is 0.187. The summed E-state index contributed by atoms with van der Waals surface area (Å²) in [5.41, 5.74) is 0. The Bertz CT molecular complexity index is 170. The van der Waals surface area contributed by atoms with Crippen LogP contribution in [0.25, 0.3) is 0 Å². The van der Waals surface area contributed by atoms with E-state index in [0.717, 1.165) is 17.7 Å². The van der Waals surface area contributed by atoms with E-state index in [-0.39, 0.29) is 0 Å². The minimum Gasteiger partial charge on any atom is -0.0671 e. The third kappa shape index (κ3) is 2.35. The van der Waals surface area contributed by atoms with Gasteiger partial charge in [0, 0.05) is 0 Å². The minimum absolute atomic E-state index is 0.551. The SMILES string of the molecule is CC(C)(C)BC1C2CCCC1CCC2. The van der Waals surface area contributed by atoms with Crippen LogP contribution in [-0.4, -0.2) is 7.28 Å². The fourth-order valence-electron chi connectivity index (χ4n) is 3.85. The summed E-state index contributed by atoms with van der Waals surface area (Å²) in [4.78, 5) is 0. The lowest BCUT2D eigenvalue weighted by Crippen LogP contribution is -2.34. The molecule has 14 heavy (non-hydrogen) atoms. The van der Waals surface area contributed by atoms with Gasteiger partial charge >= 0.3 is 0 Å². The van der Waals surface area contributed by atoms with E-state index in [1.165, 1.54) is 45.8 Å². The van der Waals surface area contributed by atoms with Crippen molar-refractivity contribution in [3.05, 3.63) is 0 Å². The molecule has 2 aliphatic rings. The van der Waals surface area contributed by atoms with Crippen molar-refractivity contribution in [2.24, 2.45) is 11.8 Å². The Morgan fingerprint density at radius 1 is 0.857 bits per heavy atom. The molecule has 0 aromatic carbocycles. The molecule has 0 N–H and O–H groups in total. The average molecular weight is 192 g/mol. The van der Waals surface area contributed by atoms with Crippen LogP contribution >= 0.6 is 0 Å². The van der Waals surface area contributed by atoms with Gasteiger partial charge in [-0.2, -0.15) is 0 Å². The van der Waals surface area contributed by atoms with Crippen LogP contribution in [0.15, 0.2) is 0 Å². The van der Waals surface area contributed by atoms with Crippen molar-refractivity contribution in [3.63, 3.8) is 0 Å². The zero-order chi connectivity index (χ0) is 10.2. The summed E-state index contributed by atoms with van der Waals surface area (Å²) in [5, 5.41) is 0.551. The van der Waals surface area contributed by atoms with E-state index in [0.29, 0.717) is 5.31 Å². The molecule has 0 aromatic rings. The van der Waals surface area contributed by atoms with Crippen molar-refractivity contribution in [1.82, 2.24) is 0 Å². The highest BCUT2D eigenvalue weighted by molar-refractivity contribution is 6.41. The maximum absolute atomic E-state index is 2.41. The monoisotopic (exact) mass is 192 g/mol. The quantitative estimate of drug-likeness (QED) is 0.550. The molecule has 0 heterocycles. The third-order valence-corrected chi connectivity index (χ3v) is 4.36.